The number of hydrogen-bond acceptors (Lipinski definition) is 6. The monoisotopic (exact) mass is 400 g/mol. The van der Waals surface area contributed by atoms with Crippen molar-refractivity contribution in [2.75, 3.05) is 26.3 Å². The second kappa shape index (κ2) is 8.02. The fraction of sp³-hybridized carbons (Fsp3) is 0.350. The van der Waals surface area contributed by atoms with Crippen LogP contribution >= 0.6 is 11.3 Å². The van der Waals surface area contributed by atoms with Crippen molar-refractivity contribution >= 4 is 29.1 Å². The largest absolute Gasteiger partial charge is 0.486 e. The van der Waals surface area contributed by atoms with Crippen molar-refractivity contribution in [2.24, 2.45) is 0 Å². The van der Waals surface area contributed by atoms with Crippen LogP contribution in [0.2, 0.25) is 0 Å². The van der Waals surface area contributed by atoms with Crippen molar-refractivity contribution in [2.45, 2.75) is 19.3 Å². The standard InChI is InChI=1S/C20H20N2O5S/c23-18-6-7-19(24)22(18)9-1-8-21-20(25)17-5-4-16(28-17)13-2-3-14-15(12-13)27-11-10-26-14/h2-5,12H,1,6-11H2,(H,21,25). The Hall–Kier alpha value is -2.87. The van der Waals surface area contributed by atoms with Crippen LogP contribution in [0.3, 0.4) is 0 Å². The molecule has 1 aromatic carbocycles. The summed E-state index contributed by atoms with van der Waals surface area (Å²) in [6.07, 6.45) is 1.13. The van der Waals surface area contributed by atoms with Crippen LogP contribution in [0.4, 0.5) is 0 Å². The minimum Gasteiger partial charge on any atom is -0.486 e. The summed E-state index contributed by atoms with van der Waals surface area (Å²) in [5, 5.41) is 2.84. The molecule has 0 bridgehead atoms. The number of carbonyl (C=O) groups is 3. The summed E-state index contributed by atoms with van der Waals surface area (Å²) in [4.78, 5) is 38.3. The molecule has 2 aliphatic heterocycles. The van der Waals surface area contributed by atoms with Crippen LogP contribution in [-0.2, 0) is 9.59 Å². The van der Waals surface area contributed by atoms with Gasteiger partial charge in [-0.2, -0.15) is 0 Å². The highest BCUT2D eigenvalue weighted by Gasteiger charge is 2.28. The van der Waals surface area contributed by atoms with Gasteiger partial charge in [0, 0.05) is 30.8 Å². The zero-order valence-electron chi connectivity index (χ0n) is 15.2. The van der Waals surface area contributed by atoms with Crippen LogP contribution in [0.25, 0.3) is 10.4 Å². The van der Waals surface area contributed by atoms with Crippen LogP contribution in [0.15, 0.2) is 30.3 Å². The van der Waals surface area contributed by atoms with Gasteiger partial charge in [-0.15, -0.1) is 11.3 Å². The van der Waals surface area contributed by atoms with Gasteiger partial charge in [-0.1, -0.05) is 0 Å². The Bertz CT molecular complexity index is 907. The zero-order valence-corrected chi connectivity index (χ0v) is 16.0. The molecular weight excluding hydrogens is 380 g/mol. The lowest BCUT2D eigenvalue weighted by molar-refractivity contribution is -0.138. The Morgan fingerprint density at radius 3 is 2.57 bits per heavy atom. The van der Waals surface area contributed by atoms with E-state index in [1.54, 1.807) is 6.07 Å². The third-order valence-corrected chi connectivity index (χ3v) is 5.79. The number of hydrogen-bond donors (Lipinski definition) is 1. The molecule has 3 heterocycles. The van der Waals surface area contributed by atoms with E-state index in [-0.39, 0.29) is 17.7 Å². The highest BCUT2D eigenvalue weighted by atomic mass is 32.1. The van der Waals surface area contributed by atoms with E-state index in [0.717, 1.165) is 16.2 Å². The molecule has 2 aliphatic rings. The number of rotatable bonds is 6. The van der Waals surface area contributed by atoms with Crippen molar-refractivity contribution in [3.63, 3.8) is 0 Å². The maximum atomic E-state index is 12.4. The number of imide groups is 1. The number of ether oxygens (including phenoxy) is 2. The van der Waals surface area contributed by atoms with Gasteiger partial charge in [0.25, 0.3) is 5.91 Å². The molecule has 0 spiro atoms. The lowest BCUT2D eigenvalue weighted by Crippen LogP contribution is -2.33. The van der Waals surface area contributed by atoms with Gasteiger partial charge in [0.2, 0.25) is 11.8 Å². The summed E-state index contributed by atoms with van der Waals surface area (Å²) >= 11 is 1.40. The van der Waals surface area contributed by atoms with Gasteiger partial charge in [-0.3, -0.25) is 19.3 Å². The van der Waals surface area contributed by atoms with Crippen LogP contribution in [0.1, 0.15) is 28.9 Å². The molecule has 1 fully saturated rings. The topological polar surface area (TPSA) is 84.9 Å². The first-order valence-electron chi connectivity index (χ1n) is 9.23. The van der Waals surface area contributed by atoms with Gasteiger partial charge in [0.05, 0.1) is 4.88 Å². The maximum Gasteiger partial charge on any atom is 0.261 e. The smallest absolute Gasteiger partial charge is 0.261 e. The van der Waals surface area contributed by atoms with E-state index < -0.39 is 0 Å². The lowest BCUT2D eigenvalue weighted by Gasteiger charge is -2.18. The molecule has 146 valence electrons. The molecule has 0 saturated carbocycles. The first-order chi connectivity index (χ1) is 13.6. The van der Waals surface area contributed by atoms with E-state index in [1.165, 1.54) is 16.2 Å². The molecular formula is C20H20N2O5S. The number of nitrogens with zero attached hydrogens (tertiary/aromatic N) is 1. The molecule has 1 saturated heterocycles. The summed E-state index contributed by atoms with van der Waals surface area (Å²) < 4.78 is 11.1. The Labute approximate surface area is 166 Å². The first-order valence-corrected chi connectivity index (χ1v) is 10.0. The molecule has 0 aliphatic carbocycles. The Balaban J connectivity index is 1.32. The van der Waals surface area contributed by atoms with Crippen molar-refractivity contribution in [1.29, 1.82) is 0 Å². The van der Waals surface area contributed by atoms with Gasteiger partial charge in [0.1, 0.15) is 13.2 Å². The average Bonchev–Trinajstić information content (AvgIpc) is 3.33. The molecule has 0 radical (unpaired) electrons. The third kappa shape index (κ3) is 3.87. The molecule has 1 N–H and O–H groups in total. The second-order valence-electron chi connectivity index (χ2n) is 6.57. The first kappa shape index (κ1) is 18.5. The highest BCUT2D eigenvalue weighted by molar-refractivity contribution is 7.17. The molecule has 0 atom stereocenters. The number of carbonyl (C=O) groups excluding carboxylic acids is 3. The van der Waals surface area contributed by atoms with Crippen molar-refractivity contribution in [1.82, 2.24) is 10.2 Å². The second-order valence-corrected chi connectivity index (χ2v) is 7.65. The predicted molar refractivity (Wildman–Crippen MR) is 104 cm³/mol. The number of nitrogens with one attached hydrogen (secondary N) is 1. The van der Waals surface area contributed by atoms with Crippen molar-refractivity contribution in [3.8, 4) is 21.9 Å². The third-order valence-electron chi connectivity index (χ3n) is 4.66. The molecule has 2 aromatic rings. The molecule has 3 amide bonds. The normalized spacial score (nSPS) is 15.8. The summed E-state index contributed by atoms with van der Waals surface area (Å²) in [6.45, 7) is 1.84. The van der Waals surface area contributed by atoms with Crippen molar-refractivity contribution in [3.05, 3.63) is 35.2 Å². The number of benzene rings is 1. The van der Waals surface area contributed by atoms with E-state index in [1.807, 2.05) is 24.3 Å². The Morgan fingerprint density at radius 1 is 1.04 bits per heavy atom. The van der Waals surface area contributed by atoms with Crippen LogP contribution in [0.5, 0.6) is 11.5 Å². The van der Waals surface area contributed by atoms with Gasteiger partial charge >= 0.3 is 0 Å². The van der Waals surface area contributed by atoms with Gasteiger partial charge in [-0.05, 0) is 42.3 Å². The van der Waals surface area contributed by atoms with Gasteiger partial charge < -0.3 is 14.8 Å². The van der Waals surface area contributed by atoms with Crippen molar-refractivity contribution < 1.29 is 23.9 Å². The molecule has 8 heteroatoms. The van der Waals surface area contributed by atoms with Gasteiger partial charge in [-0.25, -0.2) is 0 Å². The molecule has 4 rings (SSSR count). The number of fused-ring (bicyclic) bond motifs is 1. The van der Waals surface area contributed by atoms with Crippen LogP contribution in [-0.4, -0.2) is 48.9 Å². The van der Waals surface area contributed by atoms with E-state index in [4.69, 9.17) is 9.47 Å². The predicted octanol–water partition coefficient (Wildman–Crippen LogP) is 2.46. The highest BCUT2D eigenvalue weighted by Crippen LogP contribution is 2.36. The zero-order chi connectivity index (χ0) is 19.5. The fourth-order valence-corrected chi connectivity index (χ4v) is 4.13. The minimum absolute atomic E-state index is 0.126. The molecule has 1 aromatic heterocycles. The quantitative estimate of drug-likeness (QED) is 0.595. The Morgan fingerprint density at radius 2 is 1.79 bits per heavy atom. The number of thiophene rings is 1. The number of likely N-dealkylation sites (tertiary alicyclic amines) is 1. The van der Waals surface area contributed by atoms with E-state index >= 15 is 0 Å². The van der Waals surface area contributed by atoms with E-state index in [9.17, 15) is 14.4 Å². The minimum atomic E-state index is -0.159. The van der Waals surface area contributed by atoms with E-state index in [0.29, 0.717) is 56.2 Å². The summed E-state index contributed by atoms with van der Waals surface area (Å²) in [7, 11) is 0. The SMILES string of the molecule is O=C(NCCCN1C(=O)CCC1=O)c1ccc(-c2ccc3c(c2)OCCO3)s1. The summed E-state index contributed by atoms with van der Waals surface area (Å²) in [5.41, 5.74) is 0.972. The molecule has 28 heavy (non-hydrogen) atoms. The number of amides is 3. The van der Waals surface area contributed by atoms with Crippen LogP contribution < -0.4 is 14.8 Å². The van der Waals surface area contributed by atoms with Gasteiger partial charge in [0.15, 0.2) is 11.5 Å². The molecule has 7 nitrogen and oxygen atoms in total. The maximum absolute atomic E-state index is 12.4. The van der Waals surface area contributed by atoms with Crippen LogP contribution in [0, 0.1) is 0 Å². The summed E-state index contributed by atoms with van der Waals surface area (Å²) in [5.74, 6) is 1.04. The fourth-order valence-electron chi connectivity index (χ4n) is 3.21. The lowest BCUT2D eigenvalue weighted by atomic mass is 10.1. The summed E-state index contributed by atoms with van der Waals surface area (Å²) in [6, 6.07) is 9.45. The Kier molecular flexibility index (Phi) is 5.29. The molecule has 0 unspecified atom stereocenters. The van der Waals surface area contributed by atoms with E-state index in [2.05, 4.69) is 5.32 Å². The average molecular weight is 400 g/mol.